The van der Waals surface area contributed by atoms with Crippen LogP contribution in [0.2, 0.25) is 0 Å². The van der Waals surface area contributed by atoms with Gasteiger partial charge in [-0.25, -0.2) is 0 Å². The van der Waals surface area contributed by atoms with Gasteiger partial charge in [-0.2, -0.15) is 0 Å². The van der Waals surface area contributed by atoms with E-state index in [1.54, 1.807) is 18.3 Å². The molecule has 0 bridgehead atoms. The quantitative estimate of drug-likeness (QED) is 0.770. The zero-order chi connectivity index (χ0) is 19.2. The average molecular weight is 366 g/mol. The van der Waals surface area contributed by atoms with E-state index in [4.69, 9.17) is 0 Å². The molecule has 7 heteroatoms. The first-order valence-electron chi connectivity index (χ1n) is 8.83. The maximum Gasteiger partial charge on any atom is 0.312 e. The first kappa shape index (κ1) is 18.6. The Labute approximate surface area is 158 Å². The summed E-state index contributed by atoms with van der Waals surface area (Å²) in [4.78, 5) is 43.7. The van der Waals surface area contributed by atoms with Crippen LogP contribution in [0.4, 0.5) is 0 Å². The number of piperazine rings is 1. The summed E-state index contributed by atoms with van der Waals surface area (Å²) in [6.07, 6.45) is 1.65. The summed E-state index contributed by atoms with van der Waals surface area (Å²) in [6.45, 7) is 3.30. The minimum Gasteiger partial charge on any atom is -0.349 e. The lowest BCUT2D eigenvalue weighted by molar-refractivity contribution is -0.157. The Hall–Kier alpha value is -3.22. The Morgan fingerprint density at radius 1 is 1.04 bits per heavy atom. The fraction of sp³-hybridized carbons (Fsp3) is 0.300. The van der Waals surface area contributed by atoms with E-state index < -0.39 is 11.8 Å². The molecule has 3 amide bonds. The van der Waals surface area contributed by atoms with E-state index >= 15 is 0 Å². The van der Waals surface area contributed by atoms with Crippen LogP contribution in [0.15, 0.2) is 48.7 Å². The van der Waals surface area contributed by atoms with Crippen LogP contribution in [0, 0.1) is 6.92 Å². The van der Waals surface area contributed by atoms with E-state index in [1.807, 2.05) is 37.3 Å². The van der Waals surface area contributed by atoms with Crippen LogP contribution in [0.25, 0.3) is 0 Å². The van der Waals surface area contributed by atoms with Gasteiger partial charge in [0.05, 0.1) is 12.2 Å². The number of aromatic nitrogens is 1. The molecule has 0 radical (unpaired) electrons. The van der Waals surface area contributed by atoms with E-state index in [0.717, 1.165) is 16.8 Å². The van der Waals surface area contributed by atoms with Gasteiger partial charge in [0, 0.05) is 25.8 Å². The molecule has 1 aromatic carbocycles. The number of hydrogen-bond acceptors (Lipinski definition) is 4. The molecule has 0 aliphatic carbocycles. The van der Waals surface area contributed by atoms with Gasteiger partial charge in [-0.15, -0.1) is 0 Å². The summed E-state index contributed by atoms with van der Waals surface area (Å²) in [5.74, 6) is -1.52. The van der Waals surface area contributed by atoms with Crippen molar-refractivity contribution >= 4 is 17.7 Å². The summed E-state index contributed by atoms with van der Waals surface area (Å²) in [6, 6.07) is 13.3. The van der Waals surface area contributed by atoms with Crippen LogP contribution in [-0.2, 0) is 27.5 Å². The van der Waals surface area contributed by atoms with Gasteiger partial charge in [0.15, 0.2) is 0 Å². The zero-order valence-corrected chi connectivity index (χ0v) is 15.2. The number of carbonyl (C=O) groups is 3. The van der Waals surface area contributed by atoms with Gasteiger partial charge >= 0.3 is 11.8 Å². The molecule has 1 aromatic heterocycles. The Morgan fingerprint density at radius 3 is 2.44 bits per heavy atom. The molecular formula is C20H22N4O3. The summed E-state index contributed by atoms with van der Waals surface area (Å²) >= 11 is 0. The van der Waals surface area contributed by atoms with Crippen molar-refractivity contribution in [3.8, 4) is 0 Å². The summed E-state index contributed by atoms with van der Waals surface area (Å²) in [5.41, 5.74) is 2.85. The van der Waals surface area contributed by atoms with Crippen molar-refractivity contribution in [1.29, 1.82) is 0 Å². The molecule has 1 aliphatic heterocycles. The first-order valence-corrected chi connectivity index (χ1v) is 8.83. The highest BCUT2D eigenvalue weighted by Gasteiger charge is 2.33. The minimum absolute atomic E-state index is 0.129. The van der Waals surface area contributed by atoms with Crippen LogP contribution in [0.5, 0.6) is 0 Å². The highest BCUT2D eigenvalue weighted by Crippen LogP contribution is 2.11. The smallest absolute Gasteiger partial charge is 0.312 e. The molecule has 1 saturated heterocycles. The number of amides is 3. The highest BCUT2D eigenvalue weighted by molar-refractivity contribution is 6.35. The number of carbonyl (C=O) groups excluding carboxylic acids is 3. The highest BCUT2D eigenvalue weighted by atomic mass is 16.2. The van der Waals surface area contributed by atoms with E-state index in [1.165, 1.54) is 9.80 Å². The lowest BCUT2D eigenvalue weighted by Gasteiger charge is -2.33. The second kappa shape index (κ2) is 8.44. The predicted octanol–water partition coefficient (Wildman–Crippen LogP) is 0.877. The van der Waals surface area contributed by atoms with Crippen LogP contribution in [-0.4, -0.2) is 52.1 Å². The Bertz CT molecular complexity index is 821. The Kier molecular flexibility index (Phi) is 5.80. The molecule has 2 heterocycles. The number of aryl methyl sites for hydroxylation is 1. The van der Waals surface area contributed by atoms with E-state index in [2.05, 4.69) is 10.3 Å². The molecule has 27 heavy (non-hydrogen) atoms. The molecular weight excluding hydrogens is 344 g/mol. The molecule has 2 aromatic rings. The lowest BCUT2D eigenvalue weighted by atomic mass is 10.1. The third-order valence-corrected chi connectivity index (χ3v) is 4.42. The topological polar surface area (TPSA) is 82.6 Å². The van der Waals surface area contributed by atoms with Gasteiger partial charge in [0.25, 0.3) is 0 Å². The van der Waals surface area contributed by atoms with Crippen molar-refractivity contribution < 1.29 is 14.4 Å². The maximum absolute atomic E-state index is 12.4. The molecule has 1 N–H and O–H groups in total. The molecule has 3 rings (SSSR count). The standard InChI is InChI=1S/C20H22N4O3/c1-15-5-7-16(8-6-15)13-23-10-11-24(20(27)19(23)26)14-18(25)22-12-17-4-2-3-9-21-17/h2-9H,10-14H2,1H3,(H,22,25). The number of nitrogens with one attached hydrogen (secondary N) is 1. The normalized spacial score (nSPS) is 14.4. The summed E-state index contributed by atoms with van der Waals surface area (Å²) < 4.78 is 0. The second-order valence-electron chi connectivity index (χ2n) is 6.54. The van der Waals surface area contributed by atoms with Gasteiger partial charge in [-0.3, -0.25) is 19.4 Å². The van der Waals surface area contributed by atoms with E-state index in [9.17, 15) is 14.4 Å². The fourth-order valence-electron chi connectivity index (χ4n) is 2.85. The number of benzene rings is 1. The van der Waals surface area contributed by atoms with E-state index in [-0.39, 0.29) is 19.0 Å². The number of hydrogen-bond donors (Lipinski definition) is 1. The molecule has 0 unspecified atom stereocenters. The first-order chi connectivity index (χ1) is 13.0. The number of rotatable bonds is 6. The molecule has 0 spiro atoms. The van der Waals surface area contributed by atoms with Gasteiger partial charge in [-0.1, -0.05) is 35.9 Å². The second-order valence-corrected chi connectivity index (χ2v) is 6.54. The van der Waals surface area contributed by atoms with Crippen LogP contribution in [0.1, 0.15) is 16.8 Å². The van der Waals surface area contributed by atoms with Gasteiger partial charge in [0.1, 0.15) is 6.54 Å². The third kappa shape index (κ3) is 4.91. The molecule has 140 valence electrons. The molecule has 7 nitrogen and oxygen atoms in total. The SMILES string of the molecule is Cc1ccc(CN2CCN(CC(=O)NCc3ccccn3)C(=O)C2=O)cc1. The van der Waals surface area contributed by atoms with Crippen LogP contribution >= 0.6 is 0 Å². The molecule has 1 aliphatic rings. The fourth-order valence-corrected chi connectivity index (χ4v) is 2.85. The van der Waals surface area contributed by atoms with Crippen molar-refractivity contribution in [3.05, 3.63) is 65.5 Å². The third-order valence-electron chi connectivity index (χ3n) is 4.42. The number of nitrogens with zero attached hydrogens (tertiary/aromatic N) is 3. The number of pyridine rings is 1. The molecule has 1 fully saturated rings. The maximum atomic E-state index is 12.4. The summed E-state index contributed by atoms with van der Waals surface area (Å²) in [7, 11) is 0. The molecule has 0 saturated carbocycles. The Morgan fingerprint density at radius 2 is 1.74 bits per heavy atom. The van der Waals surface area contributed by atoms with Crippen molar-refractivity contribution in [2.75, 3.05) is 19.6 Å². The Balaban J connectivity index is 1.51. The van der Waals surface area contributed by atoms with E-state index in [0.29, 0.717) is 19.6 Å². The van der Waals surface area contributed by atoms with Crippen LogP contribution in [0.3, 0.4) is 0 Å². The van der Waals surface area contributed by atoms with Crippen molar-refractivity contribution in [3.63, 3.8) is 0 Å². The van der Waals surface area contributed by atoms with Gasteiger partial charge < -0.3 is 15.1 Å². The van der Waals surface area contributed by atoms with Crippen molar-refractivity contribution in [1.82, 2.24) is 20.1 Å². The predicted molar refractivity (Wildman–Crippen MR) is 99.3 cm³/mol. The average Bonchev–Trinajstić information content (AvgIpc) is 2.68. The molecule has 0 atom stereocenters. The summed E-state index contributed by atoms with van der Waals surface area (Å²) in [5, 5.41) is 2.72. The van der Waals surface area contributed by atoms with Gasteiger partial charge in [0.2, 0.25) is 5.91 Å². The minimum atomic E-state index is -0.638. The lowest BCUT2D eigenvalue weighted by Crippen LogP contribution is -2.55. The monoisotopic (exact) mass is 366 g/mol. The largest absolute Gasteiger partial charge is 0.349 e. The van der Waals surface area contributed by atoms with Gasteiger partial charge in [-0.05, 0) is 24.6 Å². The van der Waals surface area contributed by atoms with Crippen LogP contribution < -0.4 is 5.32 Å². The van der Waals surface area contributed by atoms with Crippen molar-refractivity contribution in [2.24, 2.45) is 0 Å². The zero-order valence-electron chi connectivity index (χ0n) is 15.2. The van der Waals surface area contributed by atoms with Crippen molar-refractivity contribution in [2.45, 2.75) is 20.0 Å².